The van der Waals surface area contributed by atoms with E-state index in [1.165, 1.54) is 32.1 Å². The maximum absolute atomic E-state index is 13.0. The van der Waals surface area contributed by atoms with E-state index in [9.17, 15) is 45.3 Å². The molecule has 15 heteroatoms. The third-order valence-electron chi connectivity index (χ3n) is 12.3. The van der Waals surface area contributed by atoms with Gasteiger partial charge in [-0.2, -0.15) is 0 Å². The number of carbonyl (C=O) groups is 2. The highest BCUT2D eigenvalue weighted by atomic mass is 16.7. The van der Waals surface area contributed by atoms with Crippen LogP contribution in [0, 0.1) is 0 Å². The van der Waals surface area contributed by atoms with Crippen LogP contribution in [0.3, 0.4) is 0 Å². The maximum Gasteiger partial charge on any atom is 0.310 e. The standard InChI is InChI=1S/C59H94O15/c1-3-5-7-9-11-13-15-17-19-20-21-22-23-24-25-26-28-29-31-33-35-37-39-41-50(61)69-44-47(72-51(62)42-40-38-36-34-32-30-27-18-16-14-12-10-8-6-4-2)45-70-58-57(68)55(66)53(64)49(74-58)46-71-59-56(67)54(65)52(63)48(43-60)73-59/h5-8,11-14,17-19,21-22,27,32,34,38,40,47-49,52-60,63-68H,3-4,9-10,15-16,20,23-26,28-31,33,35-37,39,41-46H2,1-2H3/b7-5-,8-6-,13-11-,14-12-,19-17-,22-21-,27-18-,34-32-,40-38-. The molecule has 11 atom stereocenters. The Bertz CT molecular complexity index is 1700. The molecule has 2 rings (SSSR count). The Morgan fingerprint density at radius 3 is 1.34 bits per heavy atom. The number of hydrogen-bond donors (Lipinski definition) is 7. The SMILES string of the molecule is CC/C=C\C/C=C\C/C=C\C/C=C\C/C=C\CC(=O)OC(COC(=O)CCCCCCCCCCCC/C=C\C/C=C\C/C=C\C/C=C\CC)COC1OC(COC2OC(CO)C(O)C(O)C2O)C(O)C(O)C1O. The Labute approximate surface area is 442 Å². The first-order valence-corrected chi connectivity index (χ1v) is 27.5. The van der Waals surface area contributed by atoms with E-state index in [0.717, 1.165) is 83.5 Å². The minimum atomic E-state index is -1.79. The molecule has 0 aromatic heterocycles. The van der Waals surface area contributed by atoms with Gasteiger partial charge in [0.25, 0.3) is 0 Å². The van der Waals surface area contributed by atoms with Crippen LogP contribution in [0.1, 0.15) is 155 Å². The van der Waals surface area contributed by atoms with E-state index in [-0.39, 0.29) is 19.4 Å². The van der Waals surface area contributed by atoms with E-state index in [2.05, 4.69) is 98.9 Å². The van der Waals surface area contributed by atoms with E-state index in [4.69, 9.17) is 28.4 Å². The van der Waals surface area contributed by atoms with Crippen molar-refractivity contribution >= 4 is 11.9 Å². The third kappa shape index (κ3) is 31.3. The molecule has 7 N–H and O–H groups in total. The fourth-order valence-corrected chi connectivity index (χ4v) is 7.87. The van der Waals surface area contributed by atoms with Crippen LogP contribution in [-0.2, 0) is 38.0 Å². The monoisotopic (exact) mass is 1040 g/mol. The summed E-state index contributed by atoms with van der Waals surface area (Å²) in [5, 5.41) is 72.2. The molecule has 74 heavy (non-hydrogen) atoms. The molecule has 15 nitrogen and oxygen atoms in total. The minimum absolute atomic E-state index is 0.0739. The zero-order chi connectivity index (χ0) is 53.9. The third-order valence-corrected chi connectivity index (χ3v) is 12.3. The number of rotatable bonds is 41. The van der Waals surface area contributed by atoms with Crippen LogP contribution in [0.25, 0.3) is 0 Å². The van der Waals surface area contributed by atoms with E-state index in [0.29, 0.717) is 12.8 Å². The predicted octanol–water partition coefficient (Wildman–Crippen LogP) is 8.71. The fraction of sp³-hybridized carbons (Fsp3) is 0.661. The Kier molecular flexibility index (Phi) is 39.7. The van der Waals surface area contributed by atoms with Crippen LogP contribution in [-0.4, -0.2) is 142 Å². The Balaban J connectivity index is 1.78. The zero-order valence-electron chi connectivity index (χ0n) is 44.5. The summed E-state index contributed by atoms with van der Waals surface area (Å²) in [6, 6.07) is 0. The van der Waals surface area contributed by atoms with E-state index >= 15 is 0 Å². The van der Waals surface area contributed by atoms with Gasteiger partial charge in [0, 0.05) is 6.42 Å². The lowest BCUT2D eigenvalue weighted by molar-refractivity contribution is -0.332. The second-order valence-electron chi connectivity index (χ2n) is 18.7. The average Bonchev–Trinajstić information content (AvgIpc) is 3.39. The van der Waals surface area contributed by atoms with Crippen molar-refractivity contribution in [2.24, 2.45) is 0 Å². The molecule has 0 aliphatic carbocycles. The molecule has 2 aliphatic rings. The Hall–Kier alpha value is -3.84. The maximum atomic E-state index is 13.0. The zero-order valence-corrected chi connectivity index (χ0v) is 44.5. The summed E-state index contributed by atoms with van der Waals surface area (Å²) < 4.78 is 33.5. The summed E-state index contributed by atoms with van der Waals surface area (Å²) in [6.07, 6.45) is 41.4. The summed E-state index contributed by atoms with van der Waals surface area (Å²) in [5.74, 6) is -1.09. The molecule has 0 bridgehead atoms. The van der Waals surface area contributed by atoms with Crippen molar-refractivity contribution in [2.75, 3.05) is 26.4 Å². The molecule has 0 radical (unpaired) electrons. The fourth-order valence-electron chi connectivity index (χ4n) is 7.87. The lowest BCUT2D eigenvalue weighted by atomic mass is 9.98. The van der Waals surface area contributed by atoms with Gasteiger partial charge in [-0.1, -0.05) is 175 Å². The summed E-state index contributed by atoms with van der Waals surface area (Å²) in [5.41, 5.74) is 0. The largest absolute Gasteiger partial charge is 0.462 e. The lowest BCUT2D eigenvalue weighted by Crippen LogP contribution is -2.61. The number of hydrogen-bond acceptors (Lipinski definition) is 15. The van der Waals surface area contributed by atoms with Crippen molar-refractivity contribution < 1.29 is 73.8 Å². The molecule has 0 aromatic rings. The van der Waals surface area contributed by atoms with Gasteiger partial charge in [0.1, 0.15) is 55.4 Å². The number of carbonyl (C=O) groups excluding carboxylic acids is 2. The van der Waals surface area contributed by atoms with Gasteiger partial charge >= 0.3 is 11.9 Å². The van der Waals surface area contributed by atoms with E-state index < -0.39 is 99.3 Å². The van der Waals surface area contributed by atoms with Gasteiger partial charge in [0.2, 0.25) is 0 Å². The van der Waals surface area contributed by atoms with Crippen LogP contribution in [0.2, 0.25) is 0 Å². The first-order valence-electron chi connectivity index (χ1n) is 27.5. The first kappa shape index (κ1) is 66.3. The molecule has 2 saturated heterocycles. The van der Waals surface area contributed by atoms with Crippen molar-refractivity contribution in [2.45, 2.75) is 223 Å². The molecule has 2 fully saturated rings. The van der Waals surface area contributed by atoms with Crippen LogP contribution in [0.4, 0.5) is 0 Å². The van der Waals surface area contributed by atoms with Gasteiger partial charge in [-0.15, -0.1) is 0 Å². The van der Waals surface area contributed by atoms with Crippen molar-refractivity contribution in [3.63, 3.8) is 0 Å². The molecule has 0 aromatic carbocycles. The first-order chi connectivity index (χ1) is 36.0. The quantitative estimate of drug-likeness (QED) is 0.0173. The number of aliphatic hydroxyl groups excluding tert-OH is 7. The molecule has 11 unspecified atom stereocenters. The summed E-state index contributed by atoms with van der Waals surface area (Å²) in [7, 11) is 0. The Morgan fingerprint density at radius 1 is 0.446 bits per heavy atom. The van der Waals surface area contributed by atoms with E-state index in [1.807, 2.05) is 18.2 Å². The van der Waals surface area contributed by atoms with Gasteiger partial charge < -0.3 is 64.2 Å². The van der Waals surface area contributed by atoms with Gasteiger partial charge in [-0.3, -0.25) is 9.59 Å². The van der Waals surface area contributed by atoms with Gasteiger partial charge in [-0.05, 0) is 77.0 Å². The average molecular weight is 1040 g/mol. The second-order valence-corrected chi connectivity index (χ2v) is 18.7. The summed E-state index contributed by atoms with van der Waals surface area (Å²) >= 11 is 0. The van der Waals surface area contributed by atoms with Gasteiger partial charge in [0.05, 0.1) is 26.2 Å². The Morgan fingerprint density at radius 2 is 0.851 bits per heavy atom. The number of ether oxygens (including phenoxy) is 6. The highest BCUT2D eigenvalue weighted by molar-refractivity contribution is 5.71. The molecule has 0 amide bonds. The second kappa shape index (κ2) is 44.3. The molecule has 0 spiro atoms. The van der Waals surface area contributed by atoms with Crippen LogP contribution in [0.15, 0.2) is 109 Å². The molecule has 2 heterocycles. The van der Waals surface area contributed by atoms with Crippen LogP contribution >= 0.6 is 0 Å². The molecular weight excluding hydrogens is 949 g/mol. The van der Waals surface area contributed by atoms with Gasteiger partial charge in [-0.25, -0.2) is 0 Å². The van der Waals surface area contributed by atoms with Crippen molar-refractivity contribution in [1.82, 2.24) is 0 Å². The molecular formula is C59H94O15. The van der Waals surface area contributed by atoms with Gasteiger partial charge in [0.15, 0.2) is 18.7 Å². The highest BCUT2D eigenvalue weighted by Gasteiger charge is 2.47. The summed E-state index contributed by atoms with van der Waals surface area (Å²) in [6.45, 7) is 2.24. The van der Waals surface area contributed by atoms with Crippen molar-refractivity contribution in [3.05, 3.63) is 109 Å². The normalized spacial score (nSPS) is 25.5. The number of aliphatic hydroxyl groups is 7. The van der Waals surface area contributed by atoms with Crippen molar-refractivity contribution in [3.8, 4) is 0 Å². The number of esters is 2. The minimum Gasteiger partial charge on any atom is -0.462 e. The summed E-state index contributed by atoms with van der Waals surface area (Å²) in [4.78, 5) is 25.8. The van der Waals surface area contributed by atoms with E-state index in [1.54, 1.807) is 6.08 Å². The highest BCUT2D eigenvalue weighted by Crippen LogP contribution is 2.26. The molecule has 2 aliphatic heterocycles. The predicted molar refractivity (Wildman–Crippen MR) is 288 cm³/mol. The van der Waals surface area contributed by atoms with Crippen molar-refractivity contribution in [1.29, 1.82) is 0 Å². The molecule has 0 saturated carbocycles. The smallest absolute Gasteiger partial charge is 0.310 e. The molecule has 420 valence electrons. The van der Waals surface area contributed by atoms with Crippen LogP contribution < -0.4 is 0 Å². The lowest BCUT2D eigenvalue weighted by Gasteiger charge is -2.42. The number of allylic oxidation sites excluding steroid dienone is 17. The van der Waals surface area contributed by atoms with Crippen LogP contribution in [0.5, 0.6) is 0 Å². The number of unbranched alkanes of at least 4 members (excludes halogenated alkanes) is 10. The topological polar surface area (TPSA) is 231 Å².